The molecule has 3 N–H and O–H groups in total. The van der Waals surface area contributed by atoms with Gasteiger partial charge >= 0.3 is 0 Å². The zero-order chi connectivity index (χ0) is 25.3. The second-order valence-electron chi connectivity index (χ2n) is 8.28. The van der Waals surface area contributed by atoms with Crippen molar-refractivity contribution in [3.05, 3.63) is 54.6 Å². The van der Waals surface area contributed by atoms with Gasteiger partial charge in [0.1, 0.15) is 17.5 Å². The number of carbonyl (C=O) groups excluding carboxylic acids is 2. The number of para-hydroxylation sites is 1. The van der Waals surface area contributed by atoms with E-state index in [1.54, 1.807) is 24.3 Å². The van der Waals surface area contributed by atoms with Gasteiger partial charge in [0, 0.05) is 18.8 Å². The minimum absolute atomic E-state index is 0.122. The standard InChI is InChI=1S/C24H32N4O6S/c1-2-3-7-16-27(18-23(29)26-31)35(32,33)28-17-8-11-22(28)24(30)25-19-12-14-21(15-13-19)34-20-9-5-4-6-10-20/h4-6,9-10,12-15,22,31H,2-3,7-8,11,16-18H2,1H3,(H,25,30)(H,26,29). The summed E-state index contributed by atoms with van der Waals surface area (Å²) in [4.78, 5) is 24.8. The third-order valence-corrected chi connectivity index (χ3v) is 7.68. The highest BCUT2D eigenvalue weighted by Crippen LogP contribution is 2.26. The quantitative estimate of drug-likeness (QED) is 0.231. The van der Waals surface area contributed by atoms with E-state index in [0.717, 1.165) is 21.5 Å². The van der Waals surface area contributed by atoms with Gasteiger partial charge in [-0.25, -0.2) is 5.48 Å². The number of carbonyl (C=O) groups is 2. The minimum Gasteiger partial charge on any atom is -0.457 e. The second kappa shape index (κ2) is 12.6. The van der Waals surface area contributed by atoms with Gasteiger partial charge in [0.05, 0.1) is 6.54 Å². The highest BCUT2D eigenvalue weighted by atomic mass is 32.2. The summed E-state index contributed by atoms with van der Waals surface area (Å²) >= 11 is 0. The molecule has 0 radical (unpaired) electrons. The van der Waals surface area contributed by atoms with E-state index in [1.165, 1.54) is 5.48 Å². The van der Waals surface area contributed by atoms with Crippen molar-refractivity contribution < 1.29 is 28.0 Å². The minimum atomic E-state index is -4.10. The highest BCUT2D eigenvalue weighted by molar-refractivity contribution is 7.86. The maximum Gasteiger partial charge on any atom is 0.283 e. The first-order chi connectivity index (χ1) is 16.8. The van der Waals surface area contributed by atoms with Crippen molar-refractivity contribution in [2.45, 2.75) is 45.1 Å². The Morgan fingerprint density at radius 1 is 1.09 bits per heavy atom. The molecule has 3 rings (SSSR count). The Bertz CT molecular complexity index is 1080. The lowest BCUT2D eigenvalue weighted by atomic mass is 10.2. The van der Waals surface area contributed by atoms with Crippen molar-refractivity contribution in [2.75, 3.05) is 25.0 Å². The molecule has 1 heterocycles. The number of hydrogen-bond donors (Lipinski definition) is 3. The molecule has 2 aromatic carbocycles. The summed E-state index contributed by atoms with van der Waals surface area (Å²) in [6.07, 6.45) is 3.13. The van der Waals surface area contributed by atoms with Crippen LogP contribution < -0.4 is 15.5 Å². The van der Waals surface area contributed by atoms with E-state index in [1.807, 2.05) is 37.3 Å². The number of amides is 2. The summed E-state index contributed by atoms with van der Waals surface area (Å²) in [5.74, 6) is 0.0182. The van der Waals surface area contributed by atoms with Gasteiger partial charge in [0.25, 0.3) is 16.1 Å². The molecule has 2 aromatic rings. The smallest absolute Gasteiger partial charge is 0.283 e. The highest BCUT2D eigenvalue weighted by Gasteiger charge is 2.42. The van der Waals surface area contributed by atoms with Crippen LogP contribution in [-0.4, -0.2) is 59.7 Å². The van der Waals surface area contributed by atoms with Crippen molar-refractivity contribution in [1.29, 1.82) is 0 Å². The van der Waals surface area contributed by atoms with Gasteiger partial charge in [-0.15, -0.1) is 0 Å². The van der Waals surface area contributed by atoms with E-state index in [4.69, 9.17) is 9.94 Å². The Morgan fingerprint density at radius 3 is 2.43 bits per heavy atom. The molecule has 10 nitrogen and oxygen atoms in total. The van der Waals surface area contributed by atoms with Crippen LogP contribution in [0.4, 0.5) is 5.69 Å². The number of ether oxygens (including phenoxy) is 1. The molecule has 1 atom stereocenters. The summed E-state index contributed by atoms with van der Waals surface area (Å²) in [7, 11) is -4.10. The Labute approximate surface area is 206 Å². The largest absolute Gasteiger partial charge is 0.457 e. The summed E-state index contributed by atoms with van der Waals surface area (Å²) in [6, 6.07) is 15.2. The lowest BCUT2D eigenvalue weighted by Gasteiger charge is -2.30. The van der Waals surface area contributed by atoms with Crippen molar-refractivity contribution in [3.63, 3.8) is 0 Å². The molecule has 1 unspecified atom stereocenters. The lowest BCUT2D eigenvalue weighted by molar-refractivity contribution is -0.129. The first-order valence-electron chi connectivity index (χ1n) is 11.7. The first-order valence-corrected chi connectivity index (χ1v) is 13.1. The summed E-state index contributed by atoms with van der Waals surface area (Å²) in [6.45, 7) is 1.77. The van der Waals surface area contributed by atoms with Crippen LogP contribution in [-0.2, 0) is 19.8 Å². The van der Waals surface area contributed by atoms with Crippen LogP contribution in [0, 0.1) is 0 Å². The molecule has 0 bridgehead atoms. The molecule has 1 aliphatic rings. The Morgan fingerprint density at radius 2 is 1.77 bits per heavy atom. The van der Waals surface area contributed by atoms with Gasteiger partial charge in [0.2, 0.25) is 5.91 Å². The fourth-order valence-electron chi connectivity index (χ4n) is 3.89. The van der Waals surface area contributed by atoms with Crippen LogP contribution in [0.3, 0.4) is 0 Å². The molecule has 0 saturated carbocycles. The number of hydrogen-bond acceptors (Lipinski definition) is 6. The number of nitrogens with one attached hydrogen (secondary N) is 2. The van der Waals surface area contributed by atoms with E-state index in [9.17, 15) is 18.0 Å². The Hall–Kier alpha value is -2.99. The predicted molar refractivity (Wildman–Crippen MR) is 131 cm³/mol. The van der Waals surface area contributed by atoms with Crippen LogP contribution in [0.15, 0.2) is 54.6 Å². The molecular formula is C24H32N4O6S. The van der Waals surface area contributed by atoms with Crippen molar-refractivity contribution in [1.82, 2.24) is 14.1 Å². The lowest BCUT2D eigenvalue weighted by Crippen LogP contribution is -2.52. The van der Waals surface area contributed by atoms with Gasteiger partial charge in [-0.1, -0.05) is 38.0 Å². The zero-order valence-corrected chi connectivity index (χ0v) is 20.5. The van der Waals surface area contributed by atoms with Gasteiger partial charge in [-0.3, -0.25) is 14.8 Å². The van der Waals surface area contributed by atoms with Crippen LogP contribution >= 0.6 is 0 Å². The Kier molecular flexibility index (Phi) is 9.61. The third-order valence-electron chi connectivity index (χ3n) is 5.69. The Balaban J connectivity index is 1.68. The topological polar surface area (TPSA) is 128 Å². The number of anilines is 1. The number of hydroxylamine groups is 1. The van der Waals surface area contributed by atoms with Crippen molar-refractivity contribution in [3.8, 4) is 11.5 Å². The normalized spacial score (nSPS) is 16.3. The summed E-state index contributed by atoms with van der Waals surface area (Å²) < 4.78 is 34.6. The molecular weight excluding hydrogens is 472 g/mol. The fourth-order valence-corrected chi connectivity index (χ4v) is 5.71. The molecule has 190 valence electrons. The predicted octanol–water partition coefficient (Wildman–Crippen LogP) is 3.12. The first kappa shape index (κ1) is 26.6. The van der Waals surface area contributed by atoms with Crippen LogP contribution in [0.5, 0.6) is 11.5 Å². The van der Waals surface area contributed by atoms with Crippen molar-refractivity contribution >= 4 is 27.7 Å². The van der Waals surface area contributed by atoms with E-state index in [-0.39, 0.29) is 13.1 Å². The molecule has 0 aliphatic carbocycles. The van der Waals surface area contributed by atoms with Gasteiger partial charge in [-0.05, 0) is 55.7 Å². The number of rotatable bonds is 12. The zero-order valence-electron chi connectivity index (χ0n) is 19.7. The maximum absolute atomic E-state index is 13.4. The monoisotopic (exact) mass is 504 g/mol. The molecule has 0 aromatic heterocycles. The van der Waals surface area contributed by atoms with Crippen LogP contribution in [0.2, 0.25) is 0 Å². The van der Waals surface area contributed by atoms with E-state index < -0.39 is 34.6 Å². The maximum atomic E-state index is 13.4. The van der Waals surface area contributed by atoms with E-state index >= 15 is 0 Å². The number of unbranched alkanes of at least 4 members (excludes halogenated alkanes) is 2. The molecule has 1 aliphatic heterocycles. The molecule has 1 saturated heterocycles. The second-order valence-corrected chi connectivity index (χ2v) is 10.2. The number of benzene rings is 2. The average molecular weight is 505 g/mol. The SMILES string of the molecule is CCCCCN(CC(=O)NO)S(=O)(=O)N1CCCC1C(=O)Nc1ccc(Oc2ccccc2)cc1. The van der Waals surface area contributed by atoms with Gasteiger partial charge in [-0.2, -0.15) is 17.0 Å². The molecule has 11 heteroatoms. The van der Waals surface area contributed by atoms with Gasteiger partial charge < -0.3 is 10.1 Å². The van der Waals surface area contributed by atoms with Crippen LogP contribution in [0.25, 0.3) is 0 Å². The summed E-state index contributed by atoms with van der Waals surface area (Å²) in [5.41, 5.74) is 1.99. The number of nitrogens with zero attached hydrogens (tertiary/aromatic N) is 2. The van der Waals surface area contributed by atoms with E-state index in [0.29, 0.717) is 36.4 Å². The molecule has 1 fully saturated rings. The van der Waals surface area contributed by atoms with Crippen molar-refractivity contribution in [2.24, 2.45) is 0 Å². The average Bonchev–Trinajstić information content (AvgIpc) is 3.36. The van der Waals surface area contributed by atoms with E-state index in [2.05, 4.69) is 5.32 Å². The van der Waals surface area contributed by atoms with Gasteiger partial charge in [0.15, 0.2) is 0 Å². The summed E-state index contributed by atoms with van der Waals surface area (Å²) in [5, 5.41) is 11.7. The third kappa shape index (κ3) is 7.25. The molecule has 2 amide bonds. The molecule has 0 spiro atoms. The fraction of sp³-hybridized carbons (Fsp3) is 0.417. The molecule has 35 heavy (non-hydrogen) atoms. The van der Waals surface area contributed by atoms with Crippen LogP contribution in [0.1, 0.15) is 39.0 Å².